The molecule has 0 radical (unpaired) electrons. The number of aliphatic imine (C=N–C) groups is 1. The van der Waals surface area contributed by atoms with Gasteiger partial charge in [-0.25, -0.2) is 0 Å². The topological polar surface area (TPSA) is 36.9 Å². The fourth-order valence-electron chi connectivity index (χ4n) is 2.55. The molecule has 1 N–H and O–H groups in total. The van der Waals surface area contributed by atoms with Crippen molar-refractivity contribution in [2.45, 2.75) is 13.0 Å². The summed E-state index contributed by atoms with van der Waals surface area (Å²) >= 11 is 0. The van der Waals surface area contributed by atoms with Crippen LogP contribution in [0.25, 0.3) is 0 Å². The monoisotopic (exact) mass is 309 g/mol. The maximum absolute atomic E-state index is 6.04. The van der Waals surface area contributed by atoms with Crippen LogP contribution in [0.5, 0.6) is 5.75 Å². The average molecular weight is 309 g/mol. The number of nitrogens with zero attached hydrogens (tertiary/aromatic N) is 2. The van der Waals surface area contributed by atoms with Gasteiger partial charge in [-0.1, -0.05) is 24.3 Å². The van der Waals surface area contributed by atoms with Crippen molar-refractivity contribution in [3.05, 3.63) is 59.7 Å². The lowest BCUT2D eigenvalue weighted by atomic mass is 10.1. The maximum Gasteiger partial charge on any atom is 0.132 e. The summed E-state index contributed by atoms with van der Waals surface area (Å²) in [6, 6.07) is 16.5. The molecular weight excluding hydrogens is 286 g/mol. The number of anilines is 1. The molecule has 2 aromatic carbocycles. The molecule has 1 aliphatic rings. The molecule has 1 heterocycles. The van der Waals surface area contributed by atoms with Gasteiger partial charge in [-0.3, -0.25) is 4.99 Å². The first-order valence-corrected chi connectivity index (χ1v) is 8.01. The minimum Gasteiger partial charge on any atom is -0.488 e. The lowest BCUT2D eigenvalue weighted by Gasteiger charge is -2.18. The van der Waals surface area contributed by atoms with Gasteiger partial charge in [0.25, 0.3) is 0 Å². The van der Waals surface area contributed by atoms with Gasteiger partial charge in [-0.05, 0) is 36.2 Å². The molecular formula is C19H23N3O. The largest absolute Gasteiger partial charge is 0.488 e. The van der Waals surface area contributed by atoms with Gasteiger partial charge in [0.15, 0.2) is 0 Å². The van der Waals surface area contributed by atoms with E-state index in [9.17, 15) is 0 Å². The van der Waals surface area contributed by atoms with E-state index in [1.165, 1.54) is 5.69 Å². The van der Waals surface area contributed by atoms with Crippen LogP contribution in [0.2, 0.25) is 0 Å². The molecule has 120 valence electrons. The third kappa shape index (κ3) is 3.83. The van der Waals surface area contributed by atoms with Crippen molar-refractivity contribution in [1.82, 2.24) is 5.32 Å². The number of hydrogen-bond acceptors (Lipinski definition) is 4. The van der Waals surface area contributed by atoms with Gasteiger partial charge in [0.1, 0.15) is 18.2 Å². The number of rotatable bonds is 5. The molecule has 0 aromatic heterocycles. The standard InChI is InChI=1S/C19H23N3O/c1-22(2)16-10-8-15(9-11-16)14-23-18-7-4-3-6-17(18)19-20-12-5-13-21-19/h3-4,6-11H,5,12-14H2,1-2H3,(H,20,21). The molecule has 1 aliphatic heterocycles. The Kier molecular flexibility index (Phi) is 4.81. The smallest absolute Gasteiger partial charge is 0.132 e. The normalized spacial score (nSPS) is 13.9. The van der Waals surface area contributed by atoms with Crippen molar-refractivity contribution in [3.8, 4) is 5.75 Å². The quantitative estimate of drug-likeness (QED) is 0.922. The Hall–Kier alpha value is -2.49. The van der Waals surface area contributed by atoms with Crippen LogP contribution in [0.1, 0.15) is 17.5 Å². The zero-order chi connectivity index (χ0) is 16.1. The second-order valence-corrected chi connectivity index (χ2v) is 5.86. The van der Waals surface area contributed by atoms with Crippen LogP contribution in [0.15, 0.2) is 53.5 Å². The van der Waals surface area contributed by atoms with Crippen molar-refractivity contribution in [2.75, 3.05) is 32.1 Å². The summed E-state index contributed by atoms with van der Waals surface area (Å²) < 4.78 is 6.04. The Bertz CT molecular complexity index is 677. The molecule has 23 heavy (non-hydrogen) atoms. The highest BCUT2D eigenvalue weighted by Gasteiger charge is 2.12. The predicted octanol–water partition coefficient (Wildman–Crippen LogP) is 3.07. The second-order valence-electron chi connectivity index (χ2n) is 5.86. The molecule has 4 heteroatoms. The van der Waals surface area contributed by atoms with Gasteiger partial charge < -0.3 is 15.0 Å². The van der Waals surface area contributed by atoms with Gasteiger partial charge >= 0.3 is 0 Å². The number of ether oxygens (including phenoxy) is 1. The Balaban J connectivity index is 1.72. The summed E-state index contributed by atoms with van der Waals surface area (Å²) in [5.74, 6) is 1.81. The van der Waals surface area contributed by atoms with E-state index in [1.54, 1.807) is 0 Å². The van der Waals surface area contributed by atoms with Crippen LogP contribution in [0.4, 0.5) is 5.69 Å². The Morgan fingerprint density at radius 1 is 1.09 bits per heavy atom. The molecule has 0 amide bonds. The molecule has 2 aromatic rings. The van der Waals surface area contributed by atoms with Gasteiger partial charge in [0.2, 0.25) is 0 Å². The number of hydrogen-bond donors (Lipinski definition) is 1. The lowest BCUT2D eigenvalue weighted by Crippen LogP contribution is -2.30. The molecule has 3 rings (SSSR count). The highest BCUT2D eigenvalue weighted by Crippen LogP contribution is 2.21. The van der Waals surface area contributed by atoms with Crippen LogP contribution in [-0.4, -0.2) is 33.0 Å². The van der Waals surface area contributed by atoms with Crippen molar-refractivity contribution < 1.29 is 4.74 Å². The van der Waals surface area contributed by atoms with Crippen LogP contribution >= 0.6 is 0 Å². The lowest BCUT2D eigenvalue weighted by molar-refractivity contribution is 0.305. The predicted molar refractivity (Wildman–Crippen MR) is 95.6 cm³/mol. The van der Waals surface area contributed by atoms with E-state index in [0.717, 1.165) is 42.2 Å². The van der Waals surface area contributed by atoms with Crippen LogP contribution in [-0.2, 0) is 6.61 Å². The fourth-order valence-corrected chi connectivity index (χ4v) is 2.55. The van der Waals surface area contributed by atoms with Gasteiger partial charge in [-0.2, -0.15) is 0 Å². The van der Waals surface area contributed by atoms with Crippen molar-refractivity contribution in [2.24, 2.45) is 4.99 Å². The summed E-state index contributed by atoms with van der Waals surface area (Å²) in [5, 5.41) is 3.36. The van der Waals surface area contributed by atoms with E-state index in [2.05, 4.69) is 45.5 Å². The maximum atomic E-state index is 6.04. The minimum atomic E-state index is 0.554. The second kappa shape index (κ2) is 7.18. The minimum absolute atomic E-state index is 0.554. The summed E-state index contributed by atoms with van der Waals surface area (Å²) in [6.07, 6.45) is 1.09. The van der Waals surface area contributed by atoms with E-state index in [-0.39, 0.29) is 0 Å². The Labute approximate surface area is 137 Å². The molecule has 0 spiro atoms. The molecule has 0 bridgehead atoms. The van der Waals surface area contributed by atoms with E-state index in [1.807, 2.05) is 32.3 Å². The highest BCUT2D eigenvalue weighted by atomic mass is 16.5. The first-order chi connectivity index (χ1) is 11.2. The Morgan fingerprint density at radius 3 is 2.57 bits per heavy atom. The average Bonchev–Trinajstić information content (AvgIpc) is 2.61. The summed E-state index contributed by atoms with van der Waals surface area (Å²) in [4.78, 5) is 6.66. The molecule has 0 saturated heterocycles. The first-order valence-electron chi connectivity index (χ1n) is 8.01. The molecule has 4 nitrogen and oxygen atoms in total. The van der Waals surface area contributed by atoms with E-state index >= 15 is 0 Å². The van der Waals surface area contributed by atoms with Gasteiger partial charge in [-0.15, -0.1) is 0 Å². The number of amidine groups is 1. The van der Waals surface area contributed by atoms with Crippen LogP contribution in [0.3, 0.4) is 0 Å². The number of nitrogens with one attached hydrogen (secondary N) is 1. The zero-order valence-electron chi connectivity index (χ0n) is 13.7. The molecule has 0 unspecified atom stereocenters. The van der Waals surface area contributed by atoms with Crippen molar-refractivity contribution >= 4 is 11.5 Å². The summed E-state index contributed by atoms with van der Waals surface area (Å²) in [5.41, 5.74) is 3.39. The molecule has 0 atom stereocenters. The van der Waals surface area contributed by atoms with Crippen molar-refractivity contribution in [3.63, 3.8) is 0 Å². The van der Waals surface area contributed by atoms with E-state index in [0.29, 0.717) is 6.61 Å². The fraction of sp³-hybridized carbons (Fsp3) is 0.316. The summed E-state index contributed by atoms with van der Waals surface area (Å²) in [7, 11) is 4.08. The van der Waals surface area contributed by atoms with E-state index < -0.39 is 0 Å². The van der Waals surface area contributed by atoms with Crippen LogP contribution in [0, 0.1) is 0 Å². The number of para-hydroxylation sites is 1. The van der Waals surface area contributed by atoms with Crippen molar-refractivity contribution in [1.29, 1.82) is 0 Å². The highest BCUT2D eigenvalue weighted by molar-refractivity contribution is 6.01. The van der Waals surface area contributed by atoms with Gasteiger partial charge in [0.05, 0.1) is 5.56 Å². The third-order valence-electron chi connectivity index (χ3n) is 3.89. The first kappa shape index (κ1) is 15.4. The third-order valence-corrected chi connectivity index (χ3v) is 3.89. The van der Waals surface area contributed by atoms with Gasteiger partial charge in [0, 0.05) is 32.9 Å². The number of benzene rings is 2. The van der Waals surface area contributed by atoms with E-state index in [4.69, 9.17) is 4.74 Å². The molecule has 0 aliphatic carbocycles. The van der Waals surface area contributed by atoms with Crippen LogP contribution < -0.4 is 15.0 Å². The SMILES string of the molecule is CN(C)c1ccc(COc2ccccc2C2=NCCCN2)cc1. The molecule has 0 fully saturated rings. The molecule has 0 saturated carbocycles. The summed E-state index contributed by atoms with van der Waals surface area (Å²) in [6.45, 7) is 2.40. The Morgan fingerprint density at radius 2 is 1.87 bits per heavy atom. The zero-order valence-corrected chi connectivity index (χ0v) is 13.7.